The van der Waals surface area contributed by atoms with Crippen LogP contribution in [0.5, 0.6) is 5.88 Å². The van der Waals surface area contributed by atoms with E-state index in [-0.39, 0.29) is 6.61 Å². The Balaban J connectivity index is 0.000000815. The van der Waals surface area contributed by atoms with Gasteiger partial charge >= 0.3 is 0 Å². The number of hydrogen-bond donors (Lipinski definition) is 2. The van der Waals surface area contributed by atoms with Crippen LogP contribution < -0.4 is 4.74 Å². The lowest BCUT2D eigenvalue weighted by molar-refractivity contribution is 0.278. The number of aliphatic hydroxyl groups is 1. The molecule has 2 N–H and O–H groups in total. The third-order valence-electron chi connectivity index (χ3n) is 6.22. The summed E-state index contributed by atoms with van der Waals surface area (Å²) >= 11 is 0. The maximum atomic E-state index is 9.53. The molecule has 0 saturated carbocycles. The Bertz CT molecular complexity index is 1300. The number of nitrogens with zero attached hydrogens (tertiary/aromatic N) is 1. The predicted molar refractivity (Wildman–Crippen MR) is 148 cm³/mol. The van der Waals surface area contributed by atoms with Crippen molar-refractivity contribution in [1.29, 1.82) is 0 Å². The first-order valence-electron chi connectivity index (χ1n) is 12.7. The van der Waals surface area contributed by atoms with E-state index in [1.165, 1.54) is 39.0 Å². The molecule has 0 unspecified atom stereocenters. The zero-order valence-electron chi connectivity index (χ0n) is 21.9. The third kappa shape index (κ3) is 5.49. The molecule has 184 valence electrons. The summed E-state index contributed by atoms with van der Waals surface area (Å²) in [6.45, 7) is 10.2. The second kappa shape index (κ2) is 12.4. The van der Waals surface area contributed by atoms with Gasteiger partial charge in [-0.05, 0) is 77.8 Å². The number of rotatable bonds is 4. The molecule has 0 amide bonds. The van der Waals surface area contributed by atoms with E-state index in [0.717, 1.165) is 35.9 Å². The van der Waals surface area contributed by atoms with Gasteiger partial charge in [-0.15, -0.1) is 0 Å². The molecule has 35 heavy (non-hydrogen) atoms. The highest BCUT2D eigenvalue weighted by atomic mass is 16.5. The minimum Gasteiger partial charge on any atom is -0.481 e. The largest absolute Gasteiger partial charge is 0.481 e. The van der Waals surface area contributed by atoms with Gasteiger partial charge in [-0.2, -0.15) is 0 Å². The van der Waals surface area contributed by atoms with Crippen LogP contribution in [0.2, 0.25) is 0 Å². The number of aromatic nitrogens is 2. The Morgan fingerprint density at radius 1 is 0.943 bits per heavy atom. The molecule has 1 aliphatic carbocycles. The van der Waals surface area contributed by atoms with Crippen molar-refractivity contribution in [3.8, 4) is 5.88 Å². The van der Waals surface area contributed by atoms with Crippen LogP contribution in [-0.2, 0) is 13.0 Å². The average Bonchev–Trinajstić information content (AvgIpc) is 3.24. The third-order valence-corrected chi connectivity index (χ3v) is 6.22. The summed E-state index contributed by atoms with van der Waals surface area (Å²) < 4.78 is 5.41. The minimum atomic E-state index is 0.00766. The number of ether oxygens (including phenoxy) is 1. The number of methoxy groups -OCH3 is 1. The number of pyridine rings is 1. The van der Waals surface area contributed by atoms with Crippen molar-refractivity contribution in [2.45, 2.75) is 60.5 Å². The van der Waals surface area contributed by atoms with Crippen LogP contribution in [0.3, 0.4) is 0 Å². The smallest absolute Gasteiger partial charge is 0.213 e. The molecular weight excluding hydrogens is 432 g/mol. The molecule has 0 aliphatic heterocycles. The van der Waals surface area contributed by atoms with Crippen molar-refractivity contribution in [2.75, 3.05) is 7.11 Å². The Kier molecular flexibility index (Phi) is 9.27. The molecule has 2 aromatic carbocycles. The number of aryl methyl sites for hydroxylation is 2. The molecule has 1 aliphatic rings. The van der Waals surface area contributed by atoms with Gasteiger partial charge in [0.15, 0.2) is 0 Å². The second-order valence-corrected chi connectivity index (χ2v) is 8.16. The van der Waals surface area contributed by atoms with Crippen LogP contribution in [0.1, 0.15) is 74.0 Å². The number of aliphatic hydroxyl groups excluding tert-OH is 1. The molecule has 5 rings (SSSR count). The quantitative estimate of drug-likeness (QED) is 0.321. The average molecular weight is 471 g/mol. The number of H-pyrrole nitrogens is 1. The molecule has 0 atom stereocenters. The van der Waals surface area contributed by atoms with Crippen LogP contribution in [0.4, 0.5) is 0 Å². The van der Waals surface area contributed by atoms with Gasteiger partial charge in [-0.3, -0.25) is 0 Å². The number of aromatic amines is 1. The van der Waals surface area contributed by atoms with E-state index in [2.05, 4.69) is 65.4 Å². The van der Waals surface area contributed by atoms with Crippen molar-refractivity contribution < 1.29 is 9.84 Å². The lowest BCUT2D eigenvalue weighted by atomic mass is 9.87. The highest BCUT2D eigenvalue weighted by Crippen LogP contribution is 2.41. The van der Waals surface area contributed by atoms with E-state index in [1.54, 1.807) is 7.11 Å². The minimum absolute atomic E-state index is 0.00766. The molecule has 0 saturated heterocycles. The maximum absolute atomic E-state index is 9.53. The molecule has 0 spiro atoms. The van der Waals surface area contributed by atoms with Crippen LogP contribution in [0.15, 0.2) is 60.8 Å². The first kappa shape index (κ1) is 26.2. The fraction of sp³-hybridized carbons (Fsp3) is 0.323. The Morgan fingerprint density at radius 3 is 2.43 bits per heavy atom. The zero-order chi connectivity index (χ0) is 25.4. The van der Waals surface area contributed by atoms with Crippen molar-refractivity contribution in [3.05, 3.63) is 94.3 Å². The van der Waals surface area contributed by atoms with Crippen molar-refractivity contribution >= 4 is 22.0 Å². The topological polar surface area (TPSA) is 58.1 Å². The fourth-order valence-corrected chi connectivity index (χ4v) is 4.71. The van der Waals surface area contributed by atoms with E-state index in [0.29, 0.717) is 5.88 Å². The molecular formula is C31H38N2O2. The van der Waals surface area contributed by atoms with Crippen molar-refractivity contribution in [2.24, 2.45) is 0 Å². The van der Waals surface area contributed by atoms with E-state index in [1.807, 2.05) is 40.0 Å². The highest BCUT2D eigenvalue weighted by molar-refractivity contribution is 6.02. The van der Waals surface area contributed by atoms with E-state index in [4.69, 9.17) is 4.74 Å². The predicted octanol–water partition coefficient (Wildman–Crippen LogP) is 7.72. The summed E-state index contributed by atoms with van der Waals surface area (Å²) in [4.78, 5) is 7.84. The van der Waals surface area contributed by atoms with Crippen LogP contribution in [0.25, 0.3) is 22.0 Å². The molecule has 4 aromatic rings. The van der Waals surface area contributed by atoms with Gasteiger partial charge in [-0.1, -0.05) is 58.0 Å². The van der Waals surface area contributed by atoms with Gasteiger partial charge in [0.25, 0.3) is 0 Å². The summed E-state index contributed by atoms with van der Waals surface area (Å²) in [5.41, 5.74) is 10.7. The van der Waals surface area contributed by atoms with Crippen LogP contribution >= 0.6 is 0 Å². The standard InChI is InChI=1S/C27H26N2O2.2C2H6/c1-17-6-3-4-8-22(17)23-9-5-7-18-14-26(31-2)28-15-24(18)27(23)19-10-11-25-20(12-19)13-21(16-30)29-25;2*1-2/h3-4,6,8,10-15,29-30H,5,7,9,16H2,1-2H3;2*1-2H3. The van der Waals surface area contributed by atoms with E-state index in [9.17, 15) is 5.11 Å². The molecule has 0 radical (unpaired) electrons. The normalized spacial score (nSPS) is 12.7. The Morgan fingerprint density at radius 2 is 1.71 bits per heavy atom. The lowest BCUT2D eigenvalue weighted by Gasteiger charge is -2.18. The summed E-state index contributed by atoms with van der Waals surface area (Å²) in [6.07, 6.45) is 5.04. The summed E-state index contributed by atoms with van der Waals surface area (Å²) in [7, 11) is 1.67. The second-order valence-electron chi connectivity index (χ2n) is 8.16. The lowest BCUT2D eigenvalue weighted by Crippen LogP contribution is -1.99. The highest BCUT2D eigenvalue weighted by Gasteiger charge is 2.22. The molecule has 0 bridgehead atoms. The SMILES string of the molecule is CC.CC.COc1cc2c(cn1)C(c1ccc3[nH]c(CO)cc3c1)=C(c1ccccc1C)CCC2. The van der Waals surface area contributed by atoms with Crippen LogP contribution in [0, 0.1) is 6.92 Å². The molecule has 2 heterocycles. The van der Waals surface area contributed by atoms with Gasteiger partial charge in [0.2, 0.25) is 5.88 Å². The molecule has 4 nitrogen and oxygen atoms in total. The number of nitrogens with one attached hydrogen (secondary N) is 1. The molecule has 2 aromatic heterocycles. The molecule has 0 fully saturated rings. The fourth-order valence-electron chi connectivity index (χ4n) is 4.71. The van der Waals surface area contributed by atoms with Gasteiger partial charge in [0.05, 0.1) is 13.7 Å². The summed E-state index contributed by atoms with van der Waals surface area (Å²) in [5, 5.41) is 10.6. The number of fused-ring (bicyclic) bond motifs is 2. The van der Waals surface area contributed by atoms with E-state index >= 15 is 0 Å². The summed E-state index contributed by atoms with van der Waals surface area (Å²) in [6, 6.07) is 19.2. The summed E-state index contributed by atoms with van der Waals surface area (Å²) in [5.74, 6) is 0.658. The van der Waals surface area contributed by atoms with Gasteiger partial charge in [-0.25, -0.2) is 4.98 Å². The molecule has 4 heteroatoms. The van der Waals surface area contributed by atoms with E-state index < -0.39 is 0 Å². The first-order chi connectivity index (χ1) is 17.2. The van der Waals surface area contributed by atoms with Gasteiger partial charge in [0, 0.05) is 34.4 Å². The first-order valence-corrected chi connectivity index (χ1v) is 12.7. The number of hydrogen-bond acceptors (Lipinski definition) is 3. The van der Waals surface area contributed by atoms with Gasteiger partial charge < -0.3 is 14.8 Å². The monoisotopic (exact) mass is 470 g/mol. The Hall–Kier alpha value is -3.37. The maximum Gasteiger partial charge on any atom is 0.213 e. The zero-order valence-corrected chi connectivity index (χ0v) is 21.9. The van der Waals surface area contributed by atoms with Crippen molar-refractivity contribution in [3.63, 3.8) is 0 Å². The number of benzene rings is 2. The van der Waals surface area contributed by atoms with Crippen molar-refractivity contribution in [1.82, 2.24) is 9.97 Å². The Labute approximate surface area is 209 Å². The van der Waals surface area contributed by atoms with Gasteiger partial charge in [0.1, 0.15) is 0 Å². The van der Waals surface area contributed by atoms with Crippen LogP contribution in [-0.4, -0.2) is 22.2 Å². The number of allylic oxidation sites excluding steroid dienone is 1.